The van der Waals surface area contributed by atoms with Gasteiger partial charge >= 0.3 is 37.3 Å². The molecule has 0 atom stereocenters. The van der Waals surface area contributed by atoms with Crippen molar-refractivity contribution in [1.29, 1.82) is 0 Å². The Labute approximate surface area is 37.8 Å². The Morgan fingerprint density at radius 1 is 1.60 bits per heavy atom. The van der Waals surface area contributed by atoms with Gasteiger partial charge in [0.05, 0.1) is 0 Å². The zero-order valence-electron chi connectivity index (χ0n) is 2.42. The van der Waals surface area contributed by atoms with Crippen LogP contribution in [0.1, 0.15) is 0 Å². The van der Waals surface area contributed by atoms with Gasteiger partial charge in [-0.05, 0) is 0 Å². The van der Waals surface area contributed by atoms with Crippen LogP contribution >= 0.6 is 21.0 Å². The number of hydrogen-bond acceptors (Lipinski definition) is 0. The predicted molar refractivity (Wildman–Crippen MR) is 26.4 cm³/mol. The van der Waals surface area contributed by atoms with Crippen LogP contribution in [-0.2, 0) is 0 Å². The second kappa shape index (κ2) is 2.56. The molecule has 0 aliphatic rings. The topological polar surface area (TPSA) is 0 Å². The van der Waals surface area contributed by atoms with Crippen LogP contribution in [0.2, 0.25) is 0 Å². The summed E-state index contributed by atoms with van der Waals surface area (Å²) >= 11 is -3.52. The minimum absolute atomic E-state index is 0.740. The first-order valence-electron chi connectivity index (χ1n) is 0.912. The van der Waals surface area contributed by atoms with Crippen molar-refractivity contribution in [3.8, 4) is 0 Å². The van der Waals surface area contributed by atoms with Gasteiger partial charge in [-0.2, -0.15) is 0 Å². The predicted octanol–water partition coefficient (Wildman–Crippen LogP) is 2.41. The summed E-state index contributed by atoms with van der Waals surface area (Å²) < 4.78 is 22.3. The van der Waals surface area contributed by atoms with Crippen molar-refractivity contribution in [2.24, 2.45) is 0 Å². The van der Waals surface area contributed by atoms with Crippen LogP contribution in [0.25, 0.3) is 0 Å². The monoisotopic (exact) mass is 192 g/mol. The molecule has 0 aromatic heterocycles. The molecule has 0 aromatic rings. The first-order chi connectivity index (χ1) is 2.27. The summed E-state index contributed by atoms with van der Waals surface area (Å²) in [4.78, 5) is 0. The molecule has 0 bridgehead atoms. The fourth-order valence-electron chi connectivity index (χ4n) is 0. The van der Waals surface area contributed by atoms with Gasteiger partial charge in [0.1, 0.15) is 0 Å². The van der Waals surface area contributed by atoms with Gasteiger partial charge in [0.25, 0.3) is 0 Å². The maximum atomic E-state index is 10.8. The van der Waals surface area contributed by atoms with Gasteiger partial charge in [-0.15, -0.1) is 0 Å². The van der Waals surface area contributed by atoms with Gasteiger partial charge in [0.2, 0.25) is 0 Å². The molecule has 0 aromatic carbocycles. The van der Waals surface area contributed by atoms with Crippen LogP contribution in [0, 0.1) is 0 Å². The van der Waals surface area contributed by atoms with Gasteiger partial charge in [0, 0.05) is 0 Å². The van der Waals surface area contributed by atoms with E-state index in [0.29, 0.717) is 0 Å². The summed E-state index contributed by atoms with van der Waals surface area (Å²) in [6, 6.07) is 0. The van der Waals surface area contributed by atoms with E-state index in [2.05, 4.69) is 6.58 Å². The van der Waals surface area contributed by atoms with Crippen molar-refractivity contribution in [3.63, 3.8) is 0 Å². The average Bonchev–Trinajstić information content (AvgIpc) is 1.38. The van der Waals surface area contributed by atoms with Crippen LogP contribution in [0.3, 0.4) is 0 Å². The van der Waals surface area contributed by atoms with Crippen molar-refractivity contribution in [3.05, 3.63) is 10.7 Å². The SMILES string of the molecule is C=CI(F)F. The van der Waals surface area contributed by atoms with E-state index in [4.69, 9.17) is 0 Å². The first-order valence-corrected chi connectivity index (χ1v) is 3.79. The molecule has 0 saturated carbocycles. The molecule has 32 valence electrons. The van der Waals surface area contributed by atoms with Crippen LogP contribution in [0.4, 0.5) is 5.72 Å². The molecule has 0 spiro atoms. The van der Waals surface area contributed by atoms with E-state index in [1.807, 2.05) is 0 Å². The van der Waals surface area contributed by atoms with E-state index in [9.17, 15) is 5.72 Å². The quantitative estimate of drug-likeness (QED) is 0.559. The fraction of sp³-hybridized carbons (Fsp3) is 0. The molecule has 5 heavy (non-hydrogen) atoms. The van der Waals surface area contributed by atoms with Crippen LogP contribution < -0.4 is 0 Å². The van der Waals surface area contributed by atoms with Gasteiger partial charge in [-0.3, -0.25) is 0 Å². The van der Waals surface area contributed by atoms with Crippen molar-refractivity contribution in [2.75, 3.05) is 0 Å². The van der Waals surface area contributed by atoms with Gasteiger partial charge < -0.3 is 0 Å². The number of rotatable bonds is 1. The van der Waals surface area contributed by atoms with Crippen molar-refractivity contribution >= 4 is 21.0 Å². The second-order valence-electron chi connectivity index (χ2n) is 0.373. The van der Waals surface area contributed by atoms with Crippen LogP contribution in [0.5, 0.6) is 0 Å². The van der Waals surface area contributed by atoms with Crippen LogP contribution in [-0.4, -0.2) is 0 Å². The molecular weight excluding hydrogens is 189 g/mol. The maximum absolute atomic E-state index is 10.8. The molecular formula is C2H3F2I. The Hall–Kier alpha value is 0.330. The molecule has 0 rings (SSSR count). The normalized spacial score (nSPS) is 10.4. The Kier molecular flexibility index (Phi) is 2.73. The zero-order valence-corrected chi connectivity index (χ0v) is 4.58. The van der Waals surface area contributed by atoms with Gasteiger partial charge in [-0.1, -0.05) is 0 Å². The summed E-state index contributed by atoms with van der Waals surface area (Å²) in [5, 5.41) is 0. The van der Waals surface area contributed by atoms with E-state index in [1.54, 1.807) is 0 Å². The number of hydrogen-bond donors (Lipinski definition) is 0. The molecule has 3 heteroatoms. The van der Waals surface area contributed by atoms with Gasteiger partial charge in [0.15, 0.2) is 0 Å². The standard InChI is InChI=1S/C2H3F2I/c1-2-5(3)4/h2H,1H2. The molecule has 0 heterocycles. The van der Waals surface area contributed by atoms with E-state index in [0.717, 1.165) is 4.08 Å². The van der Waals surface area contributed by atoms with E-state index < -0.39 is 21.0 Å². The molecule has 0 fully saturated rings. The fourth-order valence-corrected chi connectivity index (χ4v) is 0. The van der Waals surface area contributed by atoms with E-state index in [1.165, 1.54) is 0 Å². The molecule has 0 radical (unpaired) electrons. The van der Waals surface area contributed by atoms with Gasteiger partial charge in [-0.25, -0.2) is 0 Å². The molecule has 0 N–H and O–H groups in total. The van der Waals surface area contributed by atoms with Crippen molar-refractivity contribution < 1.29 is 5.72 Å². The van der Waals surface area contributed by atoms with Crippen molar-refractivity contribution in [1.82, 2.24) is 0 Å². The molecule has 0 unspecified atom stereocenters. The molecule has 0 amide bonds. The summed E-state index contributed by atoms with van der Waals surface area (Å²) in [6.45, 7) is 2.88. The minimum atomic E-state index is -3.52. The summed E-state index contributed by atoms with van der Waals surface area (Å²) in [6.07, 6.45) is 0. The Bertz CT molecular complexity index is 34.6. The van der Waals surface area contributed by atoms with Crippen molar-refractivity contribution in [2.45, 2.75) is 0 Å². The van der Waals surface area contributed by atoms with Crippen LogP contribution in [0.15, 0.2) is 10.7 Å². The van der Waals surface area contributed by atoms with E-state index >= 15 is 0 Å². The molecule has 0 saturated heterocycles. The molecule has 0 aliphatic carbocycles. The third kappa shape index (κ3) is 4.33. The van der Waals surface area contributed by atoms with E-state index in [-0.39, 0.29) is 0 Å². The summed E-state index contributed by atoms with van der Waals surface area (Å²) in [5.41, 5.74) is 0. The molecule has 0 nitrogen and oxygen atoms in total. The Balaban J connectivity index is 2.83. The molecule has 0 aliphatic heterocycles. The third-order valence-electron chi connectivity index (χ3n) is 0.117. The Morgan fingerprint density at radius 2 is 1.80 bits per heavy atom. The number of halogens is 3. The Morgan fingerprint density at radius 3 is 1.80 bits per heavy atom. The first kappa shape index (κ1) is 5.33. The average molecular weight is 192 g/mol. The summed E-state index contributed by atoms with van der Waals surface area (Å²) in [7, 11) is 0. The zero-order chi connectivity index (χ0) is 4.28. The second-order valence-corrected chi connectivity index (χ2v) is 2.50. The summed E-state index contributed by atoms with van der Waals surface area (Å²) in [5.74, 6) is 0. The third-order valence-corrected chi connectivity index (χ3v) is 0.782.